The number of Topliss-reactive ketones (excluding diaryl/α,β-unsaturated/α-hetero) is 1. The third kappa shape index (κ3) is 4.93. The zero-order valence-corrected chi connectivity index (χ0v) is 23.0. The van der Waals surface area contributed by atoms with E-state index in [1.165, 1.54) is 16.2 Å². The molecule has 9 heteroatoms. The Balaban J connectivity index is 1.64. The van der Waals surface area contributed by atoms with Crippen LogP contribution in [0.25, 0.3) is 16.0 Å². The second-order valence-electron chi connectivity index (χ2n) is 9.36. The number of aromatic nitrogens is 1. The lowest BCUT2D eigenvalue weighted by molar-refractivity contribution is -0.132. The smallest absolute Gasteiger partial charge is 0.301 e. The van der Waals surface area contributed by atoms with Crippen LogP contribution in [0.3, 0.4) is 0 Å². The summed E-state index contributed by atoms with van der Waals surface area (Å²) in [7, 11) is 5.45. The van der Waals surface area contributed by atoms with Gasteiger partial charge in [-0.05, 0) is 66.6 Å². The Morgan fingerprint density at radius 3 is 2.36 bits per heavy atom. The fourth-order valence-electron chi connectivity index (χ4n) is 4.51. The molecule has 5 rings (SSSR count). The van der Waals surface area contributed by atoms with Gasteiger partial charge in [0.25, 0.3) is 5.78 Å². The van der Waals surface area contributed by atoms with Crippen molar-refractivity contribution in [1.29, 1.82) is 0 Å². The van der Waals surface area contributed by atoms with Gasteiger partial charge in [-0.1, -0.05) is 30.4 Å². The standard InChI is InChI=1S/C30H29N3O5S/c1-5-16-38-21-12-8-19(9-13-21)27(34)25-26(18-6-10-20(11-7-18)32(2)3)33(29(36)28(25)35)30-31-23-15-14-22(37-4)17-24(23)39-30/h6-15,17,26,34H,5,16H2,1-4H3/b27-25+. The number of amides is 1. The summed E-state index contributed by atoms with van der Waals surface area (Å²) in [6.45, 7) is 2.60. The average molecular weight is 544 g/mol. The molecule has 1 aliphatic heterocycles. The highest BCUT2D eigenvalue weighted by atomic mass is 32.1. The van der Waals surface area contributed by atoms with E-state index >= 15 is 0 Å². The fraction of sp³-hybridized carbons (Fsp3) is 0.233. The van der Waals surface area contributed by atoms with Crippen molar-refractivity contribution in [2.45, 2.75) is 19.4 Å². The molecule has 0 bridgehead atoms. The van der Waals surface area contributed by atoms with Gasteiger partial charge in [-0.15, -0.1) is 0 Å². The Kier molecular flexibility index (Phi) is 7.26. The normalized spacial score (nSPS) is 16.6. The minimum atomic E-state index is -0.861. The van der Waals surface area contributed by atoms with Crippen LogP contribution in [0, 0.1) is 0 Å². The van der Waals surface area contributed by atoms with Crippen molar-refractivity contribution in [1.82, 2.24) is 4.98 Å². The molecule has 0 radical (unpaired) electrons. The number of carbonyl (C=O) groups is 2. The number of thiazole rings is 1. The number of fused-ring (bicyclic) bond motifs is 1. The zero-order chi connectivity index (χ0) is 27.7. The molecule has 0 saturated carbocycles. The number of hydrogen-bond donors (Lipinski definition) is 1. The lowest BCUT2D eigenvalue weighted by atomic mass is 9.95. The van der Waals surface area contributed by atoms with E-state index in [4.69, 9.17) is 9.47 Å². The molecule has 2 heterocycles. The number of methoxy groups -OCH3 is 1. The van der Waals surface area contributed by atoms with Crippen LogP contribution in [-0.4, -0.2) is 49.6 Å². The first-order valence-corrected chi connectivity index (χ1v) is 13.4. The van der Waals surface area contributed by atoms with E-state index in [9.17, 15) is 14.7 Å². The molecule has 1 saturated heterocycles. The summed E-state index contributed by atoms with van der Waals surface area (Å²) < 4.78 is 11.8. The molecule has 4 aromatic rings. The lowest BCUT2D eigenvalue weighted by Gasteiger charge is -2.23. The summed E-state index contributed by atoms with van der Waals surface area (Å²) in [5.74, 6) is -0.427. The molecule has 0 aliphatic carbocycles. The topological polar surface area (TPSA) is 92.2 Å². The number of rotatable bonds is 8. The van der Waals surface area contributed by atoms with E-state index in [1.54, 1.807) is 37.4 Å². The summed E-state index contributed by atoms with van der Waals surface area (Å²) in [6.07, 6.45) is 0.871. The molecule has 39 heavy (non-hydrogen) atoms. The van der Waals surface area contributed by atoms with Gasteiger partial charge in [0.2, 0.25) is 0 Å². The quantitative estimate of drug-likeness (QED) is 0.171. The molecular formula is C30H29N3O5S. The van der Waals surface area contributed by atoms with E-state index in [1.807, 2.05) is 62.3 Å². The third-order valence-electron chi connectivity index (χ3n) is 6.56. The Morgan fingerprint density at radius 2 is 1.72 bits per heavy atom. The summed E-state index contributed by atoms with van der Waals surface area (Å²) in [5, 5.41) is 11.8. The maximum atomic E-state index is 13.5. The van der Waals surface area contributed by atoms with Crippen molar-refractivity contribution in [2.24, 2.45) is 0 Å². The van der Waals surface area contributed by atoms with Gasteiger partial charge in [0.1, 0.15) is 17.3 Å². The van der Waals surface area contributed by atoms with Crippen molar-refractivity contribution >= 4 is 49.8 Å². The van der Waals surface area contributed by atoms with Crippen LogP contribution in [0.15, 0.2) is 72.3 Å². The van der Waals surface area contributed by atoms with Crippen LogP contribution in [-0.2, 0) is 9.59 Å². The summed E-state index contributed by atoms with van der Waals surface area (Å²) in [5.41, 5.74) is 2.76. The second kappa shape index (κ2) is 10.8. The molecule has 3 aromatic carbocycles. The molecular weight excluding hydrogens is 514 g/mol. The van der Waals surface area contributed by atoms with Crippen LogP contribution in [0.1, 0.15) is 30.5 Å². The highest BCUT2D eigenvalue weighted by Crippen LogP contribution is 2.45. The Bertz CT molecular complexity index is 1560. The summed E-state index contributed by atoms with van der Waals surface area (Å²) in [4.78, 5) is 35.0. The van der Waals surface area contributed by atoms with E-state index in [0.29, 0.717) is 39.9 Å². The van der Waals surface area contributed by atoms with Gasteiger partial charge in [0, 0.05) is 25.3 Å². The van der Waals surface area contributed by atoms with Crippen LogP contribution in [0.5, 0.6) is 11.5 Å². The van der Waals surface area contributed by atoms with Crippen molar-refractivity contribution < 1.29 is 24.2 Å². The number of nitrogens with zero attached hydrogens (tertiary/aromatic N) is 3. The maximum Gasteiger partial charge on any atom is 0.301 e. The number of ether oxygens (including phenoxy) is 2. The van der Waals surface area contributed by atoms with Crippen LogP contribution in [0.2, 0.25) is 0 Å². The molecule has 1 N–H and O–H groups in total. The van der Waals surface area contributed by atoms with E-state index in [0.717, 1.165) is 16.8 Å². The van der Waals surface area contributed by atoms with Crippen LogP contribution < -0.4 is 19.3 Å². The number of hydrogen-bond acceptors (Lipinski definition) is 8. The van der Waals surface area contributed by atoms with Crippen LogP contribution in [0.4, 0.5) is 10.8 Å². The number of carbonyl (C=O) groups excluding carboxylic acids is 2. The first-order chi connectivity index (χ1) is 18.8. The SMILES string of the molecule is CCCOc1ccc(/C(O)=C2\C(=O)C(=O)N(c3nc4ccc(OC)cc4s3)C2c2ccc(N(C)C)cc2)cc1. The highest BCUT2D eigenvalue weighted by Gasteiger charge is 2.48. The number of benzene rings is 3. The molecule has 1 aliphatic rings. The number of ketones is 1. The first-order valence-electron chi connectivity index (χ1n) is 12.6. The molecule has 200 valence electrons. The highest BCUT2D eigenvalue weighted by molar-refractivity contribution is 7.22. The van der Waals surface area contributed by atoms with Crippen LogP contribution >= 0.6 is 11.3 Å². The Hall–Kier alpha value is -4.37. The molecule has 1 amide bonds. The van der Waals surface area contributed by atoms with Gasteiger partial charge in [-0.3, -0.25) is 14.5 Å². The predicted molar refractivity (Wildman–Crippen MR) is 154 cm³/mol. The minimum Gasteiger partial charge on any atom is -0.507 e. The summed E-state index contributed by atoms with van der Waals surface area (Å²) >= 11 is 1.29. The minimum absolute atomic E-state index is 0.0108. The second-order valence-corrected chi connectivity index (χ2v) is 10.4. The average Bonchev–Trinajstić information content (AvgIpc) is 3.49. The Morgan fingerprint density at radius 1 is 1.03 bits per heavy atom. The maximum absolute atomic E-state index is 13.5. The molecule has 0 spiro atoms. The molecule has 1 fully saturated rings. The molecule has 1 aromatic heterocycles. The zero-order valence-electron chi connectivity index (χ0n) is 22.2. The number of aliphatic hydroxyl groups excluding tert-OH is 1. The third-order valence-corrected chi connectivity index (χ3v) is 7.58. The van der Waals surface area contributed by atoms with Gasteiger partial charge in [0.15, 0.2) is 5.13 Å². The van der Waals surface area contributed by atoms with Crippen molar-refractivity contribution in [2.75, 3.05) is 37.6 Å². The predicted octanol–water partition coefficient (Wildman–Crippen LogP) is 5.79. The van der Waals surface area contributed by atoms with Gasteiger partial charge in [0.05, 0.1) is 35.5 Å². The number of aliphatic hydroxyl groups is 1. The van der Waals surface area contributed by atoms with Crippen molar-refractivity contribution in [3.63, 3.8) is 0 Å². The summed E-state index contributed by atoms with van der Waals surface area (Å²) in [6, 6.07) is 19.0. The largest absolute Gasteiger partial charge is 0.507 e. The van der Waals surface area contributed by atoms with Gasteiger partial charge in [-0.25, -0.2) is 4.98 Å². The van der Waals surface area contributed by atoms with Crippen molar-refractivity contribution in [3.05, 3.63) is 83.4 Å². The number of anilines is 2. The first kappa shape index (κ1) is 26.2. The van der Waals surface area contributed by atoms with E-state index in [2.05, 4.69) is 4.98 Å². The molecule has 1 atom stereocenters. The monoisotopic (exact) mass is 543 g/mol. The lowest BCUT2D eigenvalue weighted by Crippen LogP contribution is -2.29. The van der Waals surface area contributed by atoms with Gasteiger partial charge < -0.3 is 19.5 Å². The fourth-order valence-corrected chi connectivity index (χ4v) is 5.53. The van der Waals surface area contributed by atoms with E-state index < -0.39 is 17.7 Å². The van der Waals surface area contributed by atoms with Gasteiger partial charge >= 0.3 is 5.91 Å². The Labute approximate surface area is 230 Å². The van der Waals surface area contributed by atoms with Crippen molar-refractivity contribution in [3.8, 4) is 11.5 Å². The van der Waals surface area contributed by atoms with E-state index in [-0.39, 0.29) is 11.3 Å². The molecule has 1 unspecified atom stereocenters. The van der Waals surface area contributed by atoms with Gasteiger partial charge in [-0.2, -0.15) is 0 Å². The molecule has 8 nitrogen and oxygen atoms in total.